The van der Waals surface area contributed by atoms with Gasteiger partial charge in [-0.05, 0) is 0 Å². The molecule has 0 bridgehead atoms. The predicted octanol–water partition coefficient (Wildman–Crippen LogP) is -0.149. The molecule has 11 nitrogen and oxygen atoms in total. The normalized spacial score (nSPS) is 29.0. The minimum absolute atomic E-state index is 0.120. The zero-order valence-electron chi connectivity index (χ0n) is 15.9. The molecule has 2 aromatic heterocycles. The van der Waals surface area contributed by atoms with E-state index < -0.39 is 32.4 Å². The number of nitrogens with zero attached hydrogens (tertiary/aromatic N) is 4. The summed E-state index contributed by atoms with van der Waals surface area (Å²) in [6, 6.07) is 7.36. The van der Waals surface area contributed by atoms with E-state index in [1.54, 1.807) is 10.6 Å². The summed E-state index contributed by atoms with van der Waals surface area (Å²) in [5.74, 6) is 0.210. The third-order valence-corrected chi connectivity index (χ3v) is 7.50. The Morgan fingerprint density at radius 2 is 2.07 bits per heavy atom. The molecule has 3 aromatic rings. The van der Waals surface area contributed by atoms with Gasteiger partial charge in [0.2, 0.25) is 0 Å². The number of rotatable bonds is 3. The van der Waals surface area contributed by atoms with Crippen LogP contribution < -0.4 is 11.5 Å². The van der Waals surface area contributed by atoms with Crippen molar-refractivity contribution < 1.29 is 23.8 Å². The van der Waals surface area contributed by atoms with Gasteiger partial charge in [-0.25, -0.2) is 0 Å². The molecular weight excluding hydrogens is 430 g/mol. The van der Waals surface area contributed by atoms with Crippen LogP contribution in [0.3, 0.4) is 0 Å². The van der Waals surface area contributed by atoms with Gasteiger partial charge in [-0.2, -0.15) is 0 Å². The number of aromatic nitrogens is 4. The standard InChI is InChI=1S/C16H20BN6O5PS/c17-29(25)26-5-8-12(28-29)11(24)15(27-8)23-14-10(13(19)20-6-21-14)22-16(23)30-9-4-2-1-3-7(9)18/h1-4,6,8,11-12,15,24-25,29H,5,17-18H2,(H2,19,20,21)/t8-,11?,12-,15-/m1/s1. The van der Waals surface area contributed by atoms with E-state index in [1.807, 2.05) is 18.2 Å². The Hall–Kier alpha value is -1.99. The van der Waals surface area contributed by atoms with Crippen LogP contribution in [0.25, 0.3) is 11.2 Å². The number of aliphatic hydroxyl groups is 1. The van der Waals surface area contributed by atoms with Gasteiger partial charge in [0.1, 0.15) is 0 Å². The molecule has 0 spiro atoms. The molecule has 6 N–H and O–H groups in total. The van der Waals surface area contributed by atoms with Gasteiger partial charge in [0, 0.05) is 0 Å². The van der Waals surface area contributed by atoms with E-state index in [2.05, 4.69) is 15.0 Å². The third kappa shape index (κ3) is 3.32. The summed E-state index contributed by atoms with van der Waals surface area (Å²) in [4.78, 5) is 23.9. The Balaban J connectivity index is 1.60. The van der Waals surface area contributed by atoms with Crippen molar-refractivity contribution in [3.8, 4) is 0 Å². The number of hydrogen-bond donors (Lipinski definition) is 4. The number of para-hydroxylation sites is 1. The molecule has 30 heavy (non-hydrogen) atoms. The maximum atomic E-state index is 11.0. The van der Waals surface area contributed by atoms with Crippen LogP contribution in [-0.2, 0) is 13.8 Å². The van der Waals surface area contributed by atoms with Crippen molar-refractivity contribution in [2.75, 3.05) is 18.1 Å². The molecule has 2 saturated heterocycles. The van der Waals surface area contributed by atoms with Crippen molar-refractivity contribution in [1.29, 1.82) is 0 Å². The second kappa shape index (κ2) is 7.31. The molecule has 4 atom stereocenters. The molecule has 4 heterocycles. The van der Waals surface area contributed by atoms with Crippen molar-refractivity contribution in [3.63, 3.8) is 0 Å². The van der Waals surface area contributed by atoms with Crippen LogP contribution in [-0.4, -0.2) is 62.0 Å². The number of fused-ring (bicyclic) bond motifs is 2. The van der Waals surface area contributed by atoms with Gasteiger partial charge in [-0.1, -0.05) is 0 Å². The van der Waals surface area contributed by atoms with Gasteiger partial charge in [0.15, 0.2) is 0 Å². The molecule has 0 amide bonds. The molecule has 5 rings (SSSR count). The van der Waals surface area contributed by atoms with Crippen LogP contribution in [0.1, 0.15) is 6.23 Å². The molecule has 2 aliphatic rings. The van der Waals surface area contributed by atoms with E-state index in [9.17, 15) is 10.00 Å². The van der Waals surface area contributed by atoms with Gasteiger partial charge in [-0.15, -0.1) is 0 Å². The average molecular weight is 450 g/mol. The van der Waals surface area contributed by atoms with Crippen LogP contribution in [0.2, 0.25) is 0 Å². The summed E-state index contributed by atoms with van der Waals surface area (Å²) in [6.07, 6.45) is -1.92. The summed E-state index contributed by atoms with van der Waals surface area (Å²) in [5, 5.41) is 11.5. The third-order valence-electron chi connectivity index (χ3n) is 5.03. The fraction of sp³-hybridized carbons (Fsp3) is 0.312. The van der Waals surface area contributed by atoms with Crippen LogP contribution in [0.15, 0.2) is 40.6 Å². The number of aliphatic hydroxyl groups excluding tert-OH is 1. The van der Waals surface area contributed by atoms with Crippen LogP contribution in [0, 0.1) is 0 Å². The van der Waals surface area contributed by atoms with Crippen molar-refractivity contribution in [1.82, 2.24) is 19.5 Å². The maximum absolute atomic E-state index is 11.0. The summed E-state index contributed by atoms with van der Waals surface area (Å²) in [6.45, 7) is 0.120. The average Bonchev–Trinajstić information content (AvgIpc) is 3.21. The van der Waals surface area contributed by atoms with E-state index in [-0.39, 0.29) is 12.4 Å². The monoisotopic (exact) mass is 450 g/mol. The molecule has 0 radical (unpaired) electrons. The van der Waals surface area contributed by atoms with Gasteiger partial charge in [0.05, 0.1) is 0 Å². The Morgan fingerprint density at radius 1 is 1.27 bits per heavy atom. The van der Waals surface area contributed by atoms with Gasteiger partial charge in [-0.3, -0.25) is 0 Å². The number of ether oxygens (including phenoxy) is 1. The first-order valence-corrected chi connectivity index (χ1v) is 12.3. The number of imidazole rings is 1. The minimum atomic E-state index is -3.31. The molecular formula is C16H20BN6O5PS. The first-order valence-electron chi connectivity index (χ1n) is 9.22. The SMILES string of the molecule is B[PH]1(O)OC[C@H]2O[C@@H](n3c(Sc4ccccc4N)nc4c(N)ncnc43)C(O)[C@@H]2O1. The topological polar surface area (TPSA) is 164 Å². The fourth-order valence-corrected chi connectivity index (χ4v) is 5.91. The Bertz CT molecular complexity index is 1120. The van der Waals surface area contributed by atoms with E-state index in [4.69, 9.17) is 25.3 Å². The summed E-state index contributed by atoms with van der Waals surface area (Å²) < 4.78 is 18.7. The predicted molar refractivity (Wildman–Crippen MR) is 115 cm³/mol. The van der Waals surface area contributed by atoms with Crippen molar-refractivity contribution in [2.24, 2.45) is 0 Å². The second-order valence-corrected chi connectivity index (χ2v) is 10.5. The Morgan fingerprint density at radius 3 is 2.87 bits per heavy atom. The second-order valence-electron chi connectivity index (χ2n) is 7.18. The van der Waals surface area contributed by atoms with Crippen molar-refractivity contribution >= 4 is 49.8 Å². The summed E-state index contributed by atoms with van der Waals surface area (Å²) >= 11 is 1.30. The molecule has 1 unspecified atom stereocenters. The molecule has 2 aliphatic heterocycles. The number of nitrogens with two attached hydrogens (primary N) is 2. The van der Waals surface area contributed by atoms with E-state index >= 15 is 0 Å². The zero-order chi connectivity index (χ0) is 21.0. The quantitative estimate of drug-likeness (QED) is 0.238. The van der Waals surface area contributed by atoms with Crippen LogP contribution in [0.5, 0.6) is 0 Å². The molecule has 14 heteroatoms. The molecule has 158 valence electrons. The van der Waals surface area contributed by atoms with Crippen LogP contribution in [0.4, 0.5) is 11.5 Å². The van der Waals surface area contributed by atoms with Gasteiger partial charge < -0.3 is 0 Å². The number of nitrogen functional groups attached to an aromatic ring is 2. The van der Waals surface area contributed by atoms with Crippen molar-refractivity contribution in [3.05, 3.63) is 30.6 Å². The Kier molecular flexibility index (Phi) is 4.86. The molecule has 1 aromatic carbocycles. The molecule has 0 aliphatic carbocycles. The Labute approximate surface area is 176 Å². The molecule has 2 fully saturated rings. The number of anilines is 2. The first-order chi connectivity index (χ1) is 14.3. The number of benzene rings is 1. The van der Waals surface area contributed by atoms with Crippen LogP contribution >= 0.6 is 19.6 Å². The fourth-order valence-electron chi connectivity index (χ4n) is 3.62. The summed E-state index contributed by atoms with van der Waals surface area (Å²) in [5.41, 5.74) is 13.5. The van der Waals surface area contributed by atoms with Gasteiger partial charge in [0.25, 0.3) is 0 Å². The van der Waals surface area contributed by atoms with E-state index in [0.717, 1.165) is 4.90 Å². The van der Waals surface area contributed by atoms with E-state index in [1.165, 1.54) is 25.7 Å². The zero-order valence-corrected chi connectivity index (χ0v) is 17.7. The first kappa shape index (κ1) is 19.9. The number of hydrogen-bond acceptors (Lipinski definition) is 11. The van der Waals surface area contributed by atoms with Crippen molar-refractivity contribution in [2.45, 2.75) is 34.6 Å². The van der Waals surface area contributed by atoms with E-state index in [0.29, 0.717) is 22.0 Å². The molecule has 0 saturated carbocycles. The van der Waals surface area contributed by atoms with Gasteiger partial charge >= 0.3 is 176 Å². The summed E-state index contributed by atoms with van der Waals surface area (Å²) in [7, 11) is -1.81.